The van der Waals surface area contributed by atoms with Gasteiger partial charge < -0.3 is 16.0 Å². The third kappa shape index (κ3) is 8.25. The van der Waals surface area contributed by atoms with Crippen LogP contribution in [0.25, 0.3) is 0 Å². The molecule has 3 amide bonds. The van der Waals surface area contributed by atoms with Crippen LogP contribution in [-0.2, 0) is 28.4 Å². The van der Waals surface area contributed by atoms with Crippen molar-refractivity contribution in [1.29, 1.82) is 0 Å². The molecule has 1 saturated carbocycles. The van der Waals surface area contributed by atoms with Gasteiger partial charge in [0, 0.05) is 23.7 Å². The van der Waals surface area contributed by atoms with E-state index in [0.717, 1.165) is 17.4 Å². The Hall–Kier alpha value is -3.54. The van der Waals surface area contributed by atoms with Crippen LogP contribution >= 0.6 is 11.6 Å². The lowest BCUT2D eigenvalue weighted by atomic mass is 9.81. The highest BCUT2D eigenvalue weighted by Gasteiger charge is 2.39. The summed E-state index contributed by atoms with van der Waals surface area (Å²) in [6.07, 6.45) is -4.93. The molecule has 0 saturated heterocycles. The SMILES string of the molecule is CN(C(=O)c1cc(C(F)(F)F)cc(C(F)(F)F)c1)[C@@H](/C=C/C(=O)NC1(C(N)=O)CCCCC1)Cc1ccc(Cl)cc1. The van der Waals surface area contributed by atoms with E-state index in [9.17, 15) is 40.7 Å². The maximum absolute atomic E-state index is 13.4. The molecule has 41 heavy (non-hydrogen) atoms. The number of primary amides is 1. The fourth-order valence-corrected chi connectivity index (χ4v) is 4.82. The predicted octanol–water partition coefficient (Wildman–Crippen LogP) is 5.92. The third-order valence-electron chi connectivity index (χ3n) is 7.02. The fourth-order valence-electron chi connectivity index (χ4n) is 4.69. The van der Waals surface area contributed by atoms with Gasteiger partial charge in [0.25, 0.3) is 5.91 Å². The van der Waals surface area contributed by atoms with E-state index in [0.29, 0.717) is 48.4 Å². The zero-order valence-corrected chi connectivity index (χ0v) is 22.7. The molecule has 3 rings (SSSR count). The van der Waals surface area contributed by atoms with E-state index in [2.05, 4.69) is 5.32 Å². The van der Waals surface area contributed by atoms with Gasteiger partial charge in [0.05, 0.1) is 17.2 Å². The van der Waals surface area contributed by atoms with Gasteiger partial charge in [-0.25, -0.2) is 0 Å². The standard InChI is InChI=1S/C28H28ClF6N3O3/c1-38(24(40)18-14-19(27(30,31)32)16-20(15-18)28(33,34)35)22(13-17-5-7-21(29)8-6-17)9-10-23(39)37-26(25(36)41)11-3-2-4-12-26/h5-10,14-16,22H,2-4,11-13H2,1H3,(H2,36,41)(H,37,39)/b10-9+/t22-/m0/s1. The largest absolute Gasteiger partial charge is 0.416 e. The Balaban J connectivity index is 1.95. The van der Waals surface area contributed by atoms with E-state index in [1.807, 2.05) is 0 Å². The smallest absolute Gasteiger partial charge is 0.368 e. The summed E-state index contributed by atoms with van der Waals surface area (Å²) in [6, 6.07) is 6.02. The normalized spacial score (nSPS) is 16.3. The summed E-state index contributed by atoms with van der Waals surface area (Å²) in [5.41, 5.74) is 0.851. The van der Waals surface area contributed by atoms with Crippen LogP contribution in [0.2, 0.25) is 5.02 Å². The van der Waals surface area contributed by atoms with Crippen molar-refractivity contribution >= 4 is 29.3 Å². The first-order valence-electron chi connectivity index (χ1n) is 12.6. The molecule has 1 atom stereocenters. The lowest BCUT2D eigenvalue weighted by Gasteiger charge is -2.34. The number of nitrogens with zero attached hydrogens (tertiary/aromatic N) is 1. The number of nitrogens with one attached hydrogen (secondary N) is 1. The molecular formula is C28H28ClF6N3O3. The Kier molecular flexibility index (Phi) is 9.78. The van der Waals surface area contributed by atoms with Crippen molar-refractivity contribution in [2.75, 3.05) is 7.05 Å². The second-order valence-electron chi connectivity index (χ2n) is 9.96. The number of benzene rings is 2. The van der Waals surface area contributed by atoms with Gasteiger partial charge in [0.2, 0.25) is 11.8 Å². The molecule has 1 aliphatic rings. The molecule has 6 nitrogen and oxygen atoms in total. The zero-order valence-electron chi connectivity index (χ0n) is 21.9. The summed E-state index contributed by atoms with van der Waals surface area (Å²) in [6.45, 7) is 0. The van der Waals surface area contributed by atoms with E-state index < -0.39 is 58.3 Å². The Labute approximate surface area is 237 Å². The maximum atomic E-state index is 13.4. The van der Waals surface area contributed by atoms with Crippen LogP contribution in [0, 0.1) is 0 Å². The number of hydrogen-bond donors (Lipinski definition) is 2. The molecule has 222 valence electrons. The van der Waals surface area contributed by atoms with Crippen LogP contribution < -0.4 is 11.1 Å². The number of carbonyl (C=O) groups excluding carboxylic acids is 3. The molecule has 0 unspecified atom stereocenters. The zero-order chi connectivity index (χ0) is 30.6. The van der Waals surface area contributed by atoms with Crippen LogP contribution in [-0.4, -0.2) is 41.2 Å². The van der Waals surface area contributed by atoms with Crippen molar-refractivity contribution in [2.45, 2.75) is 62.5 Å². The second-order valence-corrected chi connectivity index (χ2v) is 10.4. The molecule has 0 heterocycles. The van der Waals surface area contributed by atoms with E-state index in [1.165, 1.54) is 13.1 Å². The number of likely N-dealkylation sites (N-methyl/N-ethyl adjacent to an activating group) is 1. The number of hydrogen-bond acceptors (Lipinski definition) is 3. The molecular weight excluding hydrogens is 576 g/mol. The van der Waals surface area contributed by atoms with Crippen molar-refractivity contribution in [3.8, 4) is 0 Å². The first-order chi connectivity index (χ1) is 19.0. The fraction of sp³-hybridized carbons (Fsp3) is 0.393. The monoisotopic (exact) mass is 603 g/mol. The molecule has 0 aliphatic heterocycles. The van der Waals surface area contributed by atoms with Crippen LogP contribution in [0.3, 0.4) is 0 Å². The highest BCUT2D eigenvalue weighted by molar-refractivity contribution is 6.30. The average molecular weight is 604 g/mol. The van der Waals surface area contributed by atoms with Gasteiger partial charge in [-0.05, 0) is 55.2 Å². The number of halogens is 7. The minimum atomic E-state index is -5.13. The molecule has 0 bridgehead atoms. The average Bonchev–Trinajstić information content (AvgIpc) is 2.90. The van der Waals surface area contributed by atoms with Gasteiger partial charge in [-0.1, -0.05) is 49.1 Å². The highest BCUT2D eigenvalue weighted by Crippen LogP contribution is 2.36. The molecule has 2 aromatic carbocycles. The number of nitrogens with two attached hydrogens (primary N) is 1. The van der Waals surface area contributed by atoms with Gasteiger partial charge in [-0.2, -0.15) is 26.3 Å². The van der Waals surface area contributed by atoms with Gasteiger partial charge in [-0.3, -0.25) is 14.4 Å². The van der Waals surface area contributed by atoms with Crippen LogP contribution in [0.15, 0.2) is 54.6 Å². The lowest BCUT2D eigenvalue weighted by Crippen LogP contribution is -2.58. The molecule has 0 radical (unpaired) electrons. The molecule has 1 fully saturated rings. The summed E-state index contributed by atoms with van der Waals surface area (Å²) in [5, 5.41) is 3.05. The first kappa shape index (κ1) is 32.0. The molecule has 0 aromatic heterocycles. The molecule has 2 aromatic rings. The molecule has 0 spiro atoms. The van der Waals surface area contributed by atoms with E-state index >= 15 is 0 Å². The van der Waals surface area contributed by atoms with E-state index in [1.54, 1.807) is 24.3 Å². The third-order valence-corrected chi connectivity index (χ3v) is 7.27. The lowest BCUT2D eigenvalue weighted by molar-refractivity contribution is -0.143. The Morgan fingerprint density at radius 1 is 0.976 bits per heavy atom. The molecule has 1 aliphatic carbocycles. The van der Waals surface area contributed by atoms with Crippen LogP contribution in [0.5, 0.6) is 0 Å². The highest BCUT2D eigenvalue weighted by atomic mass is 35.5. The topological polar surface area (TPSA) is 92.5 Å². The van der Waals surface area contributed by atoms with Crippen LogP contribution in [0.4, 0.5) is 26.3 Å². The Bertz CT molecular complexity index is 1270. The van der Waals surface area contributed by atoms with E-state index in [-0.39, 0.29) is 12.5 Å². The van der Waals surface area contributed by atoms with Gasteiger partial charge in [0.15, 0.2) is 0 Å². The molecule has 13 heteroatoms. The second kappa shape index (κ2) is 12.5. The van der Waals surface area contributed by atoms with Crippen molar-refractivity contribution < 1.29 is 40.7 Å². The Morgan fingerprint density at radius 3 is 2.00 bits per heavy atom. The van der Waals surface area contributed by atoms with Crippen molar-refractivity contribution in [1.82, 2.24) is 10.2 Å². The summed E-state index contributed by atoms with van der Waals surface area (Å²) < 4.78 is 80.3. The number of rotatable bonds is 8. The first-order valence-corrected chi connectivity index (χ1v) is 13.0. The van der Waals surface area contributed by atoms with Gasteiger partial charge in [0.1, 0.15) is 5.54 Å². The summed E-state index contributed by atoms with van der Waals surface area (Å²) >= 11 is 5.93. The predicted molar refractivity (Wildman–Crippen MR) is 140 cm³/mol. The molecule has 3 N–H and O–H groups in total. The minimum Gasteiger partial charge on any atom is -0.368 e. The van der Waals surface area contributed by atoms with Crippen LogP contribution in [0.1, 0.15) is 59.2 Å². The van der Waals surface area contributed by atoms with Gasteiger partial charge >= 0.3 is 12.4 Å². The number of carbonyl (C=O) groups is 3. The quantitative estimate of drug-likeness (QED) is 0.290. The van der Waals surface area contributed by atoms with Crippen molar-refractivity contribution in [3.63, 3.8) is 0 Å². The van der Waals surface area contributed by atoms with Crippen molar-refractivity contribution in [3.05, 3.63) is 81.9 Å². The summed E-state index contributed by atoms with van der Waals surface area (Å²) in [7, 11) is 1.20. The minimum absolute atomic E-state index is 0.0369. The summed E-state index contributed by atoms with van der Waals surface area (Å²) in [4.78, 5) is 39.2. The van der Waals surface area contributed by atoms with Crippen molar-refractivity contribution in [2.24, 2.45) is 5.73 Å². The van der Waals surface area contributed by atoms with E-state index in [4.69, 9.17) is 17.3 Å². The summed E-state index contributed by atoms with van der Waals surface area (Å²) in [5.74, 6) is -2.51. The number of amides is 3. The maximum Gasteiger partial charge on any atom is 0.416 e. The Morgan fingerprint density at radius 2 is 1.51 bits per heavy atom. The number of alkyl halides is 6. The van der Waals surface area contributed by atoms with Gasteiger partial charge in [-0.15, -0.1) is 0 Å².